The largest absolute Gasteiger partial charge is 0.496 e. The lowest BCUT2D eigenvalue weighted by Gasteiger charge is -2.04. The Labute approximate surface area is 113 Å². The van der Waals surface area contributed by atoms with Gasteiger partial charge in [0.05, 0.1) is 22.3 Å². The van der Waals surface area contributed by atoms with Crippen molar-refractivity contribution in [2.75, 3.05) is 13.7 Å². The number of hydrogen-bond donors (Lipinski definition) is 1. The maximum absolute atomic E-state index is 5.51. The van der Waals surface area contributed by atoms with Gasteiger partial charge in [0.2, 0.25) is 0 Å². The minimum Gasteiger partial charge on any atom is -0.496 e. The van der Waals surface area contributed by atoms with E-state index in [0.29, 0.717) is 6.54 Å². The van der Waals surface area contributed by atoms with Crippen LogP contribution in [0.15, 0.2) is 28.1 Å². The molecule has 0 unspecified atom stereocenters. The Bertz CT molecular complexity index is 513. The van der Waals surface area contributed by atoms with Gasteiger partial charge in [0.1, 0.15) is 5.75 Å². The minimum atomic E-state index is 0.638. The van der Waals surface area contributed by atoms with E-state index >= 15 is 0 Å². The molecule has 2 aromatic rings. The van der Waals surface area contributed by atoms with Crippen LogP contribution in [0.25, 0.3) is 11.3 Å². The average molecular weight is 313 g/mol. The van der Waals surface area contributed by atoms with Crippen molar-refractivity contribution >= 4 is 27.3 Å². The van der Waals surface area contributed by atoms with Crippen LogP contribution in [-0.4, -0.2) is 18.6 Å². The standard InChI is InChI=1S/C12H13BrN2OS/c1-16-11-3-2-8(6-9(11)13)10-7-17-12(15-10)4-5-14/h2-3,6-7H,4-5,14H2,1H3. The van der Waals surface area contributed by atoms with Gasteiger partial charge in [-0.15, -0.1) is 11.3 Å². The summed E-state index contributed by atoms with van der Waals surface area (Å²) in [6, 6.07) is 5.95. The van der Waals surface area contributed by atoms with Crippen LogP contribution in [0, 0.1) is 0 Å². The number of rotatable bonds is 4. The van der Waals surface area contributed by atoms with Crippen molar-refractivity contribution in [2.24, 2.45) is 5.73 Å². The Balaban J connectivity index is 2.29. The molecule has 0 amide bonds. The van der Waals surface area contributed by atoms with Gasteiger partial charge in [-0.1, -0.05) is 0 Å². The zero-order chi connectivity index (χ0) is 12.3. The van der Waals surface area contributed by atoms with Crippen molar-refractivity contribution < 1.29 is 4.74 Å². The number of thiazole rings is 1. The van der Waals surface area contributed by atoms with E-state index < -0.39 is 0 Å². The Morgan fingerprint density at radius 1 is 1.47 bits per heavy atom. The van der Waals surface area contributed by atoms with Crippen LogP contribution >= 0.6 is 27.3 Å². The normalized spacial score (nSPS) is 10.5. The summed E-state index contributed by atoms with van der Waals surface area (Å²) in [4.78, 5) is 4.54. The number of hydrogen-bond acceptors (Lipinski definition) is 4. The molecule has 0 bridgehead atoms. The molecule has 0 atom stereocenters. The lowest BCUT2D eigenvalue weighted by Crippen LogP contribution is -2.01. The monoisotopic (exact) mass is 312 g/mol. The lowest BCUT2D eigenvalue weighted by atomic mass is 10.2. The van der Waals surface area contributed by atoms with E-state index in [0.717, 1.165) is 32.9 Å². The van der Waals surface area contributed by atoms with Crippen LogP contribution in [0.1, 0.15) is 5.01 Å². The zero-order valence-corrected chi connectivity index (χ0v) is 11.8. The summed E-state index contributed by atoms with van der Waals surface area (Å²) >= 11 is 5.12. The summed E-state index contributed by atoms with van der Waals surface area (Å²) in [5, 5.41) is 3.13. The van der Waals surface area contributed by atoms with Crippen LogP contribution in [0.5, 0.6) is 5.75 Å². The molecule has 0 saturated carbocycles. The quantitative estimate of drug-likeness (QED) is 0.943. The van der Waals surface area contributed by atoms with Gasteiger partial charge in [0, 0.05) is 17.4 Å². The molecule has 0 aliphatic heterocycles. The number of methoxy groups -OCH3 is 1. The summed E-state index contributed by atoms with van der Waals surface area (Å²) in [6.45, 7) is 0.638. The molecule has 0 radical (unpaired) electrons. The summed E-state index contributed by atoms with van der Waals surface area (Å²) < 4.78 is 6.13. The van der Waals surface area contributed by atoms with E-state index in [2.05, 4.69) is 26.3 Å². The molecule has 5 heteroatoms. The Kier molecular flexibility index (Phi) is 4.15. The summed E-state index contributed by atoms with van der Waals surface area (Å²) in [5.74, 6) is 0.825. The van der Waals surface area contributed by atoms with Gasteiger partial charge in [0.25, 0.3) is 0 Å². The van der Waals surface area contributed by atoms with Gasteiger partial charge in [0.15, 0.2) is 0 Å². The fourth-order valence-corrected chi connectivity index (χ4v) is 2.87. The highest BCUT2D eigenvalue weighted by Gasteiger charge is 2.07. The third kappa shape index (κ3) is 2.86. The van der Waals surface area contributed by atoms with E-state index in [4.69, 9.17) is 10.5 Å². The first-order valence-electron chi connectivity index (χ1n) is 5.23. The first-order valence-corrected chi connectivity index (χ1v) is 6.90. The van der Waals surface area contributed by atoms with Gasteiger partial charge in [-0.2, -0.15) is 0 Å². The van der Waals surface area contributed by atoms with Gasteiger partial charge in [-0.3, -0.25) is 0 Å². The molecule has 0 aliphatic rings. The Hall–Kier alpha value is -0.910. The number of ether oxygens (including phenoxy) is 1. The second-order valence-corrected chi connectivity index (χ2v) is 5.31. The molecule has 0 spiro atoms. The molecule has 90 valence electrons. The number of nitrogens with two attached hydrogens (primary N) is 1. The Morgan fingerprint density at radius 2 is 2.29 bits per heavy atom. The summed E-state index contributed by atoms with van der Waals surface area (Å²) in [5.41, 5.74) is 7.58. The molecule has 3 nitrogen and oxygen atoms in total. The molecular weight excluding hydrogens is 300 g/mol. The molecular formula is C12H13BrN2OS. The lowest BCUT2D eigenvalue weighted by molar-refractivity contribution is 0.412. The topological polar surface area (TPSA) is 48.1 Å². The third-order valence-corrected chi connectivity index (χ3v) is 3.89. The fourth-order valence-electron chi connectivity index (χ4n) is 1.51. The van der Waals surface area contributed by atoms with Crippen molar-refractivity contribution in [1.29, 1.82) is 0 Å². The number of benzene rings is 1. The van der Waals surface area contributed by atoms with Crippen molar-refractivity contribution in [3.63, 3.8) is 0 Å². The summed E-state index contributed by atoms with van der Waals surface area (Å²) in [6.07, 6.45) is 0.835. The number of nitrogens with zero attached hydrogens (tertiary/aromatic N) is 1. The van der Waals surface area contributed by atoms with Crippen molar-refractivity contribution in [3.05, 3.63) is 33.1 Å². The van der Waals surface area contributed by atoms with E-state index in [1.165, 1.54) is 0 Å². The number of aromatic nitrogens is 1. The van der Waals surface area contributed by atoms with Crippen LogP contribution in [0.3, 0.4) is 0 Å². The van der Waals surface area contributed by atoms with Gasteiger partial charge in [-0.25, -0.2) is 4.98 Å². The smallest absolute Gasteiger partial charge is 0.133 e. The highest BCUT2D eigenvalue weighted by Crippen LogP contribution is 2.30. The van der Waals surface area contributed by atoms with Crippen LogP contribution in [0.4, 0.5) is 0 Å². The maximum Gasteiger partial charge on any atom is 0.133 e. The van der Waals surface area contributed by atoms with E-state index in [9.17, 15) is 0 Å². The molecule has 0 aliphatic carbocycles. The van der Waals surface area contributed by atoms with Crippen molar-refractivity contribution in [2.45, 2.75) is 6.42 Å². The molecule has 17 heavy (non-hydrogen) atoms. The second kappa shape index (κ2) is 5.62. The Morgan fingerprint density at radius 3 is 2.94 bits per heavy atom. The fraction of sp³-hybridized carbons (Fsp3) is 0.250. The first kappa shape index (κ1) is 12.5. The highest BCUT2D eigenvalue weighted by molar-refractivity contribution is 9.10. The predicted molar refractivity (Wildman–Crippen MR) is 74.6 cm³/mol. The average Bonchev–Trinajstić information content (AvgIpc) is 2.78. The second-order valence-electron chi connectivity index (χ2n) is 3.51. The molecule has 0 saturated heterocycles. The molecule has 1 heterocycles. The molecule has 0 fully saturated rings. The summed E-state index contributed by atoms with van der Waals surface area (Å²) in [7, 11) is 1.65. The van der Waals surface area contributed by atoms with Crippen molar-refractivity contribution in [3.8, 4) is 17.0 Å². The van der Waals surface area contributed by atoms with Crippen LogP contribution < -0.4 is 10.5 Å². The minimum absolute atomic E-state index is 0.638. The molecule has 2 rings (SSSR count). The van der Waals surface area contributed by atoms with E-state index in [1.807, 2.05) is 18.2 Å². The molecule has 2 N–H and O–H groups in total. The predicted octanol–water partition coefficient (Wildman–Crippen LogP) is 3.08. The first-order chi connectivity index (χ1) is 8.24. The molecule has 1 aromatic carbocycles. The van der Waals surface area contributed by atoms with Crippen molar-refractivity contribution in [1.82, 2.24) is 4.98 Å². The van der Waals surface area contributed by atoms with E-state index in [-0.39, 0.29) is 0 Å². The van der Waals surface area contributed by atoms with Crippen LogP contribution in [0.2, 0.25) is 0 Å². The van der Waals surface area contributed by atoms with Gasteiger partial charge >= 0.3 is 0 Å². The zero-order valence-electron chi connectivity index (χ0n) is 9.44. The third-order valence-electron chi connectivity index (χ3n) is 2.36. The highest BCUT2D eigenvalue weighted by atomic mass is 79.9. The van der Waals surface area contributed by atoms with Gasteiger partial charge in [-0.05, 0) is 40.7 Å². The molecule has 1 aromatic heterocycles. The maximum atomic E-state index is 5.51. The van der Waals surface area contributed by atoms with E-state index in [1.54, 1.807) is 18.4 Å². The van der Waals surface area contributed by atoms with Gasteiger partial charge < -0.3 is 10.5 Å². The SMILES string of the molecule is COc1ccc(-c2csc(CCN)n2)cc1Br. The number of halogens is 1. The van der Waals surface area contributed by atoms with Crippen LogP contribution in [-0.2, 0) is 6.42 Å².